The van der Waals surface area contributed by atoms with Crippen molar-refractivity contribution in [3.8, 4) is 0 Å². The number of aryl methyl sites for hydroxylation is 1. The molecule has 0 aliphatic carbocycles. The molecule has 0 bridgehead atoms. The fourth-order valence-electron chi connectivity index (χ4n) is 2.32. The second-order valence-corrected chi connectivity index (χ2v) is 5.65. The van der Waals surface area contributed by atoms with Crippen LogP contribution in [0.25, 0.3) is 5.65 Å². The predicted octanol–water partition coefficient (Wildman–Crippen LogP) is 0.988. The zero-order valence-corrected chi connectivity index (χ0v) is 11.5. The van der Waals surface area contributed by atoms with E-state index in [1.807, 2.05) is 12.1 Å². The van der Waals surface area contributed by atoms with Gasteiger partial charge in [0.15, 0.2) is 10.8 Å². The van der Waals surface area contributed by atoms with Crippen molar-refractivity contribution in [1.29, 1.82) is 0 Å². The Bertz CT molecular complexity index is 748. The lowest BCUT2D eigenvalue weighted by molar-refractivity contribution is 0.590. The van der Waals surface area contributed by atoms with Crippen molar-refractivity contribution in [2.24, 2.45) is 0 Å². The van der Waals surface area contributed by atoms with Crippen LogP contribution >= 0.6 is 11.8 Å². The van der Waals surface area contributed by atoms with Crippen molar-refractivity contribution >= 4 is 17.4 Å². The molecule has 0 aromatic carbocycles. The molecule has 4 rings (SSSR count). The summed E-state index contributed by atoms with van der Waals surface area (Å²) in [6.45, 7) is 0.984. The largest absolute Gasteiger partial charge is 0.306 e. The molecule has 0 spiro atoms. The highest BCUT2D eigenvalue weighted by Crippen LogP contribution is 2.26. The Morgan fingerprint density at radius 1 is 1.05 bits per heavy atom. The van der Waals surface area contributed by atoms with Gasteiger partial charge in [-0.2, -0.15) is 0 Å². The summed E-state index contributed by atoms with van der Waals surface area (Å²) < 4.78 is 3.62. The Morgan fingerprint density at radius 3 is 3.05 bits per heavy atom. The number of rotatable bonds is 2. The van der Waals surface area contributed by atoms with E-state index in [9.17, 15) is 0 Å². The summed E-state index contributed by atoms with van der Waals surface area (Å²) >= 11 is 1.50. The van der Waals surface area contributed by atoms with Crippen LogP contribution in [0.2, 0.25) is 0 Å². The molecule has 3 aromatic heterocycles. The standard InChI is InChI=1S/C11H12N8S/c1-2-4-8-12-14-11(18(8)7-3-1)20-10-6-5-9-13-16-17-19(9)15-10/h5-6H,1-4,7H2. The average Bonchev–Trinajstić information content (AvgIpc) is 3.00. The molecule has 0 unspecified atom stereocenters. The van der Waals surface area contributed by atoms with Gasteiger partial charge >= 0.3 is 0 Å². The molecule has 0 N–H and O–H groups in total. The van der Waals surface area contributed by atoms with Crippen LogP contribution in [0.15, 0.2) is 22.3 Å². The maximum atomic E-state index is 4.34. The first-order chi connectivity index (χ1) is 9.90. The topological polar surface area (TPSA) is 86.7 Å². The van der Waals surface area contributed by atoms with Gasteiger partial charge in [-0.25, -0.2) is 0 Å². The molecular weight excluding hydrogens is 276 g/mol. The normalized spacial score (nSPS) is 15.2. The molecule has 0 saturated carbocycles. The number of nitrogens with zero attached hydrogens (tertiary/aromatic N) is 8. The summed E-state index contributed by atoms with van der Waals surface area (Å²) in [5.74, 6) is 1.08. The summed E-state index contributed by atoms with van der Waals surface area (Å²) in [4.78, 5) is 0. The van der Waals surface area contributed by atoms with Gasteiger partial charge in [0.1, 0.15) is 10.9 Å². The van der Waals surface area contributed by atoms with E-state index in [4.69, 9.17) is 0 Å². The Kier molecular flexibility index (Phi) is 2.84. The molecule has 0 saturated heterocycles. The highest BCUT2D eigenvalue weighted by molar-refractivity contribution is 7.99. The summed E-state index contributed by atoms with van der Waals surface area (Å²) in [6.07, 6.45) is 4.63. The molecule has 0 atom stereocenters. The smallest absolute Gasteiger partial charge is 0.200 e. The van der Waals surface area contributed by atoms with Gasteiger partial charge < -0.3 is 4.57 Å². The Labute approximate surface area is 118 Å². The van der Waals surface area contributed by atoms with E-state index in [1.165, 1.54) is 35.7 Å². The Morgan fingerprint density at radius 2 is 2.05 bits per heavy atom. The lowest BCUT2D eigenvalue weighted by Gasteiger charge is -2.05. The number of tetrazole rings is 1. The Balaban J connectivity index is 1.66. The first-order valence-electron chi connectivity index (χ1n) is 6.55. The van der Waals surface area contributed by atoms with Gasteiger partial charge in [-0.1, -0.05) is 6.42 Å². The van der Waals surface area contributed by atoms with E-state index in [-0.39, 0.29) is 0 Å². The summed E-state index contributed by atoms with van der Waals surface area (Å²) in [6, 6.07) is 3.74. The van der Waals surface area contributed by atoms with E-state index in [0.717, 1.165) is 29.0 Å². The van der Waals surface area contributed by atoms with E-state index in [0.29, 0.717) is 5.65 Å². The molecule has 3 aromatic rings. The fourth-order valence-corrected chi connectivity index (χ4v) is 3.14. The molecule has 8 nitrogen and oxygen atoms in total. The van der Waals surface area contributed by atoms with Gasteiger partial charge in [-0.05, 0) is 47.2 Å². The molecule has 1 aliphatic heterocycles. The van der Waals surface area contributed by atoms with E-state index >= 15 is 0 Å². The summed E-state index contributed by atoms with van der Waals surface area (Å²) in [5.41, 5.74) is 0.634. The van der Waals surface area contributed by atoms with E-state index in [1.54, 1.807) is 0 Å². The van der Waals surface area contributed by atoms with Gasteiger partial charge in [0.2, 0.25) is 0 Å². The average molecular weight is 288 g/mol. The highest BCUT2D eigenvalue weighted by Gasteiger charge is 2.16. The van der Waals surface area contributed by atoms with Crippen LogP contribution in [0.5, 0.6) is 0 Å². The number of fused-ring (bicyclic) bond motifs is 2. The molecule has 9 heteroatoms. The van der Waals surface area contributed by atoms with Crippen molar-refractivity contribution in [3.05, 3.63) is 18.0 Å². The third-order valence-electron chi connectivity index (χ3n) is 3.32. The summed E-state index contributed by atoms with van der Waals surface area (Å²) in [7, 11) is 0. The van der Waals surface area contributed by atoms with Gasteiger partial charge in [0.05, 0.1) is 0 Å². The quantitative estimate of drug-likeness (QED) is 0.695. The molecular formula is C11H12N8S. The van der Waals surface area contributed by atoms with Gasteiger partial charge in [-0.3, -0.25) is 0 Å². The van der Waals surface area contributed by atoms with Crippen molar-refractivity contribution in [2.45, 2.75) is 42.4 Å². The second-order valence-electron chi connectivity index (χ2n) is 4.66. The highest BCUT2D eigenvalue weighted by atomic mass is 32.2. The minimum Gasteiger partial charge on any atom is -0.306 e. The number of hydrogen-bond acceptors (Lipinski definition) is 7. The van der Waals surface area contributed by atoms with E-state index < -0.39 is 0 Å². The van der Waals surface area contributed by atoms with Crippen LogP contribution in [-0.4, -0.2) is 40.0 Å². The predicted molar refractivity (Wildman–Crippen MR) is 70.3 cm³/mol. The second kappa shape index (κ2) is 4.82. The fraction of sp³-hybridized carbons (Fsp3) is 0.455. The van der Waals surface area contributed by atoms with Crippen LogP contribution in [-0.2, 0) is 13.0 Å². The third-order valence-corrected chi connectivity index (χ3v) is 4.23. The number of hydrogen-bond donors (Lipinski definition) is 0. The monoisotopic (exact) mass is 288 g/mol. The summed E-state index contributed by atoms with van der Waals surface area (Å²) in [5, 5.41) is 25.8. The van der Waals surface area contributed by atoms with Gasteiger partial charge in [-0.15, -0.1) is 25.0 Å². The third kappa shape index (κ3) is 2.03. The maximum absolute atomic E-state index is 4.34. The van der Waals surface area contributed by atoms with E-state index in [2.05, 4.69) is 35.4 Å². The Hall–Kier alpha value is -2.03. The van der Waals surface area contributed by atoms with Crippen molar-refractivity contribution in [3.63, 3.8) is 0 Å². The van der Waals surface area contributed by atoms with Crippen LogP contribution < -0.4 is 0 Å². The van der Waals surface area contributed by atoms with Crippen LogP contribution in [0.1, 0.15) is 25.1 Å². The van der Waals surface area contributed by atoms with Crippen molar-refractivity contribution in [1.82, 2.24) is 40.0 Å². The van der Waals surface area contributed by atoms with Gasteiger partial charge in [0, 0.05) is 13.0 Å². The molecule has 1 aliphatic rings. The molecule has 102 valence electrons. The number of aromatic nitrogens is 8. The van der Waals surface area contributed by atoms with Crippen LogP contribution in [0, 0.1) is 0 Å². The molecule has 0 radical (unpaired) electrons. The minimum atomic E-state index is 0.634. The molecule has 0 amide bonds. The van der Waals surface area contributed by atoms with Crippen LogP contribution in [0.4, 0.5) is 0 Å². The zero-order chi connectivity index (χ0) is 13.4. The maximum Gasteiger partial charge on any atom is 0.200 e. The first-order valence-corrected chi connectivity index (χ1v) is 7.37. The lowest BCUT2D eigenvalue weighted by Crippen LogP contribution is -2.03. The van der Waals surface area contributed by atoms with Gasteiger partial charge in [0.25, 0.3) is 0 Å². The first kappa shape index (κ1) is 11.8. The van der Waals surface area contributed by atoms with Crippen LogP contribution in [0.3, 0.4) is 0 Å². The SMILES string of the molecule is c1cc2nnnn2nc1Sc1nnc2n1CCCCC2. The van der Waals surface area contributed by atoms with Crippen molar-refractivity contribution < 1.29 is 0 Å². The molecule has 20 heavy (non-hydrogen) atoms. The lowest BCUT2D eigenvalue weighted by atomic mass is 10.2. The molecule has 0 fully saturated rings. The minimum absolute atomic E-state index is 0.634. The molecule has 4 heterocycles. The van der Waals surface area contributed by atoms with Crippen molar-refractivity contribution in [2.75, 3.05) is 0 Å². The zero-order valence-electron chi connectivity index (χ0n) is 10.7.